The first-order valence-electron chi connectivity index (χ1n) is 8.86. The van der Waals surface area contributed by atoms with Crippen LogP contribution in [0, 0.1) is 6.92 Å². The molecule has 0 atom stereocenters. The van der Waals surface area contributed by atoms with E-state index in [1.807, 2.05) is 31.2 Å². The standard InChI is InChI=1S/C20H25NO5S/c1-4-21(5-2)27(23,24)18-12-10-17(11-13-18)20(22)26-15-14-25-19-9-7-6-8-16(19)3/h6-13H,4-5,14-15H2,1-3H3. The topological polar surface area (TPSA) is 72.9 Å². The van der Waals surface area contributed by atoms with Gasteiger partial charge >= 0.3 is 5.97 Å². The van der Waals surface area contributed by atoms with Crippen LogP contribution in [0.2, 0.25) is 0 Å². The van der Waals surface area contributed by atoms with E-state index < -0.39 is 16.0 Å². The molecule has 0 saturated heterocycles. The number of aryl methyl sites for hydroxylation is 1. The quantitative estimate of drug-likeness (QED) is 0.485. The summed E-state index contributed by atoms with van der Waals surface area (Å²) >= 11 is 0. The number of rotatable bonds is 9. The fraction of sp³-hybridized carbons (Fsp3) is 0.350. The van der Waals surface area contributed by atoms with Gasteiger partial charge in [0.25, 0.3) is 0 Å². The van der Waals surface area contributed by atoms with Gasteiger partial charge in [-0.25, -0.2) is 13.2 Å². The van der Waals surface area contributed by atoms with Gasteiger partial charge in [-0.15, -0.1) is 0 Å². The zero-order chi connectivity index (χ0) is 19.9. The lowest BCUT2D eigenvalue weighted by molar-refractivity contribution is 0.0450. The van der Waals surface area contributed by atoms with E-state index in [1.54, 1.807) is 13.8 Å². The van der Waals surface area contributed by atoms with Crippen LogP contribution in [-0.2, 0) is 14.8 Å². The highest BCUT2D eigenvalue weighted by Crippen LogP contribution is 2.17. The van der Waals surface area contributed by atoms with Crippen LogP contribution in [0.25, 0.3) is 0 Å². The van der Waals surface area contributed by atoms with Crippen molar-refractivity contribution in [1.82, 2.24) is 4.31 Å². The molecule has 2 aromatic rings. The first kappa shape index (κ1) is 20.9. The molecular formula is C20H25NO5S. The van der Waals surface area contributed by atoms with Gasteiger partial charge in [0.05, 0.1) is 10.5 Å². The van der Waals surface area contributed by atoms with Gasteiger partial charge in [0.2, 0.25) is 10.0 Å². The maximum Gasteiger partial charge on any atom is 0.338 e. The highest BCUT2D eigenvalue weighted by Gasteiger charge is 2.21. The monoisotopic (exact) mass is 391 g/mol. The molecule has 146 valence electrons. The summed E-state index contributed by atoms with van der Waals surface area (Å²) in [6.45, 7) is 6.64. The number of carbonyl (C=O) groups is 1. The third-order valence-electron chi connectivity index (χ3n) is 4.10. The second-order valence-corrected chi connectivity index (χ2v) is 7.80. The Labute approximate surface area is 160 Å². The van der Waals surface area contributed by atoms with E-state index in [1.165, 1.54) is 28.6 Å². The van der Waals surface area contributed by atoms with Crippen molar-refractivity contribution < 1.29 is 22.7 Å². The largest absolute Gasteiger partial charge is 0.490 e. The summed E-state index contributed by atoms with van der Waals surface area (Å²) in [6, 6.07) is 13.4. The summed E-state index contributed by atoms with van der Waals surface area (Å²) < 4.78 is 37.0. The molecular weight excluding hydrogens is 366 g/mol. The molecule has 0 bridgehead atoms. The number of para-hydroxylation sites is 1. The van der Waals surface area contributed by atoms with Crippen LogP contribution in [-0.4, -0.2) is 45.0 Å². The highest BCUT2D eigenvalue weighted by molar-refractivity contribution is 7.89. The molecule has 0 aromatic heterocycles. The number of ether oxygens (including phenoxy) is 2. The summed E-state index contributed by atoms with van der Waals surface area (Å²) in [4.78, 5) is 12.3. The Kier molecular flexibility index (Phi) is 7.38. The molecule has 0 N–H and O–H groups in total. The van der Waals surface area contributed by atoms with Crippen LogP contribution in [0.1, 0.15) is 29.8 Å². The number of carbonyl (C=O) groups excluding carboxylic acids is 1. The zero-order valence-electron chi connectivity index (χ0n) is 15.8. The zero-order valence-corrected chi connectivity index (χ0v) is 16.7. The Morgan fingerprint density at radius 1 is 0.963 bits per heavy atom. The molecule has 0 aliphatic rings. The fourth-order valence-corrected chi connectivity index (χ4v) is 4.02. The normalized spacial score (nSPS) is 11.4. The van der Waals surface area contributed by atoms with E-state index in [-0.39, 0.29) is 18.1 Å². The van der Waals surface area contributed by atoms with Crippen molar-refractivity contribution in [1.29, 1.82) is 0 Å². The smallest absolute Gasteiger partial charge is 0.338 e. The first-order valence-corrected chi connectivity index (χ1v) is 10.3. The molecule has 0 spiro atoms. The number of benzene rings is 2. The van der Waals surface area contributed by atoms with Crippen LogP contribution in [0.4, 0.5) is 0 Å². The minimum Gasteiger partial charge on any atom is -0.490 e. The Bertz CT molecular complexity index is 858. The average molecular weight is 391 g/mol. The molecule has 27 heavy (non-hydrogen) atoms. The van der Waals surface area contributed by atoms with Gasteiger partial charge in [-0.1, -0.05) is 32.0 Å². The summed E-state index contributed by atoms with van der Waals surface area (Å²) in [5.41, 5.74) is 1.30. The predicted octanol–water partition coefficient (Wildman–Crippen LogP) is 3.26. The van der Waals surface area contributed by atoms with Crippen LogP contribution in [0.3, 0.4) is 0 Å². The molecule has 0 unspecified atom stereocenters. The van der Waals surface area contributed by atoms with Crippen molar-refractivity contribution in [2.24, 2.45) is 0 Å². The minimum atomic E-state index is -3.54. The molecule has 2 aromatic carbocycles. The molecule has 7 heteroatoms. The van der Waals surface area contributed by atoms with E-state index in [4.69, 9.17) is 9.47 Å². The van der Waals surface area contributed by atoms with E-state index in [2.05, 4.69) is 0 Å². The fourth-order valence-electron chi connectivity index (χ4n) is 2.56. The number of hydrogen-bond acceptors (Lipinski definition) is 5. The maximum absolute atomic E-state index is 12.4. The van der Waals surface area contributed by atoms with Gasteiger partial charge in [0.1, 0.15) is 19.0 Å². The third kappa shape index (κ3) is 5.30. The molecule has 2 rings (SSSR count). The minimum absolute atomic E-state index is 0.104. The van der Waals surface area contributed by atoms with Crippen LogP contribution in [0.15, 0.2) is 53.4 Å². The molecule has 0 fully saturated rings. The van der Waals surface area contributed by atoms with Crippen LogP contribution >= 0.6 is 0 Å². The summed E-state index contributed by atoms with van der Waals surface area (Å²) in [7, 11) is -3.54. The Morgan fingerprint density at radius 2 is 1.59 bits per heavy atom. The molecule has 0 saturated carbocycles. The molecule has 0 aliphatic heterocycles. The number of nitrogens with zero attached hydrogens (tertiary/aromatic N) is 1. The summed E-state index contributed by atoms with van der Waals surface area (Å²) in [6.07, 6.45) is 0. The van der Waals surface area contributed by atoms with Gasteiger partial charge in [-0.05, 0) is 42.8 Å². The molecule has 0 heterocycles. The molecule has 0 aliphatic carbocycles. The molecule has 0 amide bonds. The lowest BCUT2D eigenvalue weighted by atomic mass is 10.2. The van der Waals surface area contributed by atoms with Gasteiger partial charge in [-0.3, -0.25) is 0 Å². The van der Waals surface area contributed by atoms with Crippen molar-refractivity contribution in [3.8, 4) is 5.75 Å². The number of esters is 1. The third-order valence-corrected chi connectivity index (χ3v) is 6.16. The maximum atomic E-state index is 12.4. The highest BCUT2D eigenvalue weighted by atomic mass is 32.2. The predicted molar refractivity (Wildman–Crippen MR) is 104 cm³/mol. The Hall–Kier alpha value is -2.38. The Balaban J connectivity index is 1.91. The first-order chi connectivity index (χ1) is 12.9. The SMILES string of the molecule is CCN(CC)S(=O)(=O)c1ccc(C(=O)OCCOc2ccccc2C)cc1. The van der Waals surface area contributed by atoms with Crippen molar-refractivity contribution >= 4 is 16.0 Å². The van der Waals surface area contributed by atoms with Gasteiger partial charge < -0.3 is 9.47 Å². The molecule has 0 radical (unpaired) electrons. The Morgan fingerprint density at radius 3 is 2.19 bits per heavy atom. The average Bonchev–Trinajstić information content (AvgIpc) is 2.67. The van der Waals surface area contributed by atoms with Crippen molar-refractivity contribution in [3.05, 3.63) is 59.7 Å². The lowest BCUT2D eigenvalue weighted by Gasteiger charge is -2.18. The van der Waals surface area contributed by atoms with Gasteiger partial charge in [0, 0.05) is 13.1 Å². The van der Waals surface area contributed by atoms with E-state index in [0.717, 1.165) is 11.3 Å². The van der Waals surface area contributed by atoms with Gasteiger partial charge in [0.15, 0.2) is 0 Å². The van der Waals surface area contributed by atoms with Gasteiger partial charge in [-0.2, -0.15) is 4.31 Å². The van der Waals surface area contributed by atoms with Crippen molar-refractivity contribution in [2.45, 2.75) is 25.7 Å². The lowest BCUT2D eigenvalue weighted by Crippen LogP contribution is -2.30. The number of sulfonamides is 1. The second kappa shape index (κ2) is 9.53. The second-order valence-electron chi connectivity index (χ2n) is 5.86. The van der Waals surface area contributed by atoms with Crippen LogP contribution in [0.5, 0.6) is 5.75 Å². The van der Waals surface area contributed by atoms with E-state index in [0.29, 0.717) is 18.7 Å². The summed E-state index contributed by atoms with van der Waals surface area (Å²) in [5, 5.41) is 0. The van der Waals surface area contributed by atoms with E-state index in [9.17, 15) is 13.2 Å². The van der Waals surface area contributed by atoms with Crippen LogP contribution < -0.4 is 4.74 Å². The number of hydrogen-bond donors (Lipinski definition) is 0. The van der Waals surface area contributed by atoms with Crippen molar-refractivity contribution in [3.63, 3.8) is 0 Å². The van der Waals surface area contributed by atoms with E-state index >= 15 is 0 Å². The molecule has 6 nitrogen and oxygen atoms in total. The summed E-state index contributed by atoms with van der Waals surface area (Å²) in [5.74, 6) is 0.231. The van der Waals surface area contributed by atoms with Crippen molar-refractivity contribution in [2.75, 3.05) is 26.3 Å².